The van der Waals surface area contributed by atoms with Crippen LogP contribution in [0.4, 0.5) is 0 Å². The molecule has 5 nitrogen and oxygen atoms in total. The molecule has 0 saturated heterocycles. The summed E-state index contributed by atoms with van der Waals surface area (Å²) in [5.41, 5.74) is 1.39. The maximum atomic E-state index is 12.3. The van der Waals surface area contributed by atoms with Crippen molar-refractivity contribution in [1.82, 2.24) is 0 Å². The molecule has 1 aliphatic rings. The second-order valence-electron chi connectivity index (χ2n) is 4.88. The molecule has 0 atom stereocenters. The van der Waals surface area contributed by atoms with Gasteiger partial charge in [-0.1, -0.05) is 12.1 Å². The average Bonchev–Trinajstić information content (AvgIpc) is 3.06. The number of fused-ring (bicyclic) bond motifs is 1. The monoisotopic (exact) mass is 312 g/mol. The minimum atomic E-state index is -0.122. The van der Waals surface area contributed by atoms with Crippen molar-refractivity contribution in [3.8, 4) is 23.0 Å². The molecule has 0 saturated carbocycles. The summed E-state index contributed by atoms with van der Waals surface area (Å²) in [5.74, 6) is 2.39. The number of benzene rings is 2. The van der Waals surface area contributed by atoms with Gasteiger partial charge < -0.3 is 18.9 Å². The number of hydrogen-bond acceptors (Lipinski definition) is 5. The van der Waals surface area contributed by atoms with E-state index in [1.807, 2.05) is 18.2 Å². The number of ketones is 1. The zero-order valence-electron chi connectivity index (χ0n) is 12.9. The normalized spacial score (nSPS) is 12.4. The quantitative estimate of drug-likeness (QED) is 0.626. The zero-order valence-corrected chi connectivity index (χ0v) is 12.9. The summed E-state index contributed by atoms with van der Waals surface area (Å²) in [4.78, 5) is 12.3. The lowest BCUT2D eigenvalue weighted by Gasteiger charge is -2.08. The molecule has 0 radical (unpaired) electrons. The van der Waals surface area contributed by atoms with Crippen molar-refractivity contribution in [2.45, 2.75) is 0 Å². The van der Waals surface area contributed by atoms with Crippen LogP contribution in [0.1, 0.15) is 15.9 Å². The Morgan fingerprint density at radius 3 is 2.57 bits per heavy atom. The zero-order chi connectivity index (χ0) is 16.2. The van der Waals surface area contributed by atoms with Crippen molar-refractivity contribution < 1.29 is 23.7 Å². The lowest BCUT2D eigenvalue weighted by atomic mass is 10.1. The van der Waals surface area contributed by atoms with E-state index in [1.165, 1.54) is 13.2 Å². The van der Waals surface area contributed by atoms with Crippen LogP contribution in [0.25, 0.3) is 6.08 Å². The van der Waals surface area contributed by atoms with Crippen molar-refractivity contribution in [3.05, 3.63) is 53.6 Å². The lowest BCUT2D eigenvalue weighted by Crippen LogP contribution is -1.97. The number of rotatable bonds is 5. The predicted molar refractivity (Wildman–Crippen MR) is 85.5 cm³/mol. The van der Waals surface area contributed by atoms with E-state index in [1.54, 1.807) is 31.4 Å². The number of ether oxygens (including phenoxy) is 4. The molecule has 1 heterocycles. The molecule has 0 N–H and O–H groups in total. The Bertz CT molecular complexity index is 764. The van der Waals surface area contributed by atoms with E-state index in [-0.39, 0.29) is 12.6 Å². The molecule has 0 unspecified atom stereocenters. The fraction of sp³-hybridized carbons (Fsp3) is 0.167. The van der Waals surface area contributed by atoms with E-state index < -0.39 is 0 Å². The highest BCUT2D eigenvalue weighted by molar-refractivity contribution is 6.07. The van der Waals surface area contributed by atoms with Crippen LogP contribution in [-0.2, 0) is 0 Å². The van der Waals surface area contributed by atoms with Crippen LogP contribution in [0.15, 0.2) is 42.5 Å². The van der Waals surface area contributed by atoms with Crippen LogP contribution < -0.4 is 18.9 Å². The molecule has 5 heteroatoms. The topological polar surface area (TPSA) is 54.0 Å². The summed E-state index contributed by atoms with van der Waals surface area (Å²) in [5, 5.41) is 0. The number of carbonyl (C=O) groups excluding carboxylic acids is 1. The van der Waals surface area contributed by atoms with E-state index in [9.17, 15) is 4.79 Å². The molecule has 0 aromatic heterocycles. The van der Waals surface area contributed by atoms with Gasteiger partial charge in [-0.15, -0.1) is 0 Å². The van der Waals surface area contributed by atoms with Crippen molar-refractivity contribution in [2.24, 2.45) is 0 Å². The van der Waals surface area contributed by atoms with Crippen LogP contribution in [0.5, 0.6) is 23.0 Å². The SMILES string of the molecule is COc1ccc(C(=O)C=Cc2ccc3c(c2)OCO3)cc1OC. The van der Waals surface area contributed by atoms with Gasteiger partial charge in [0.2, 0.25) is 6.79 Å². The van der Waals surface area contributed by atoms with Gasteiger partial charge in [-0.2, -0.15) is 0 Å². The molecule has 0 amide bonds. The van der Waals surface area contributed by atoms with Crippen LogP contribution in [0, 0.1) is 0 Å². The molecule has 1 aliphatic heterocycles. The largest absolute Gasteiger partial charge is 0.493 e. The molecule has 0 aliphatic carbocycles. The fourth-order valence-electron chi connectivity index (χ4n) is 2.27. The fourth-order valence-corrected chi connectivity index (χ4v) is 2.27. The number of allylic oxidation sites excluding steroid dienone is 1. The molecule has 2 aromatic carbocycles. The lowest BCUT2D eigenvalue weighted by molar-refractivity contribution is 0.104. The van der Waals surface area contributed by atoms with Crippen LogP contribution >= 0.6 is 0 Å². The van der Waals surface area contributed by atoms with Crippen molar-refractivity contribution in [3.63, 3.8) is 0 Å². The highest BCUT2D eigenvalue weighted by Crippen LogP contribution is 2.33. The molecule has 2 aromatic rings. The molecule has 0 fully saturated rings. The summed E-state index contributed by atoms with van der Waals surface area (Å²) >= 11 is 0. The van der Waals surface area contributed by atoms with Gasteiger partial charge in [0.1, 0.15) is 0 Å². The summed E-state index contributed by atoms with van der Waals surface area (Å²) < 4.78 is 20.9. The van der Waals surface area contributed by atoms with Crippen molar-refractivity contribution >= 4 is 11.9 Å². The van der Waals surface area contributed by atoms with Gasteiger partial charge in [-0.05, 0) is 42.0 Å². The van der Waals surface area contributed by atoms with Gasteiger partial charge in [0, 0.05) is 5.56 Å². The van der Waals surface area contributed by atoms with Gasteiger partial charge in [-0.3, -0.25) is 4.79 Å². The van der Waals surface area contributed by atoms with Crippen molar-refractivity contribution in [2.75, 3.05) is 21.0 Å². The van der Waals surface area contributed by atoms with Crippen LogP contribution in [-0.4, -0.2) is 26.8 Å². The first-order valence-electron chi connectivity index (χ1n) is 7.05. The first-order valence-corrected chi connectivity index (χ1v) is 7.05. The highest BCUT2D eigenvalue weighted by Gasteiger charge is 2.13. The molecular formula is C18H16O5. The second-order valence-corrected chi connectivity index (χ2v) is 4.88. The standard InChI is InChI=1S/C18H16O5/c1-20-15-8-5-13(10-17(15)21-2)14(19)6-3-12-4-7-16-18(9-12)23-11-22-16/h3-10H,11H2,1-2H3. The van der Waals surface area contributed by atoms with E-state index >= 15 is 0 Å². The van der Waals surface area contributed by atoms with E-state index in [0.717, 1.165) is 5.56 Å². The second kappa shape index (κ2) is 6.44. The first-order chi connectivity index (χ1) is 11.2. The third-order valence-electron chi connectivity index (χ3n) is 3.49. The maximum absolute atomic E-state index is 12.3. The minimum Gasteiger partial charge on any atom is -0.493 e. The third kappa shape index (κ3) is 3.13. The number of hydrogen-bond donors (Lipinski definition) is 0. The molecule has 118 valence electrons. The molecule has 3 rings (SSSR count). The predicted octanol–water partition coefficient (Wildman–Crippen LogP) is 3.33. The minimum absolute atomic E-state index is 0.122. The van der Waals surface area contributed by atoms with E-state index in [4.69, 9.17) is 18.9 Å². The molecule has 23 heavy (non-hydrogen) atoms. The summed E-state index contributed by atoms with van der Waals surface area (Å²) in [6.07, 6.45) is 3.25. The smallest absolute Gasteiger partial charge is 0.231 e. The first kappa shape index (κ1) is 15.0. The Kier molecular flexibility index (Phi) is 4.19. The van der Waals surface area contributed by atoms with Crippen LogP contribution in [0.2, 0.25) is 0 Å². The van der Waals surface area contributed by atoms with Gasteiger partial charge >= 0.3 is 0 Å². The Labute approximate surface area is 134 Å². The Morgan fingerprint density at radius 2 is 1.78 bits per heavy atom. The molecule has 0 spiro atoms. The van der Waals surface area contributed by atoms with Gasteiger partial charge in [0.05, 0.1) is 14.2 Å². The van der Waals surface area contributed by atoms with E-state index in [0.29, 0.717) is 28.6 Å². The summed E-state index contributed by atoms with van der Waals surface area (Å²) in [6.45, 7) is 0.229. The summed E-state index contributed by atoms with van der Waals surface area (Å²) in [7, 11) is 3.09. The third-order valence-corrected chi connectivity index (χ3v) is 3.49. The van der Waals surface area contributed by atoms with Gasteiger partial charge in [0.15, 0.2) is 28.8 Å². The Hall–Kier alpha value is -2.95. The maximum Gasteiger partial charge on any atom is 0.231 e. The Morgan fingerprint density at radius 1 is 1.00 bits per heavy atom. The van der Waals surface area contributed by atoms with E-state index in [2.05, 4.69) is 0 Å². The van der Waals surface area contributed by atoms with Crippen LogP contribution in [0.3, 0.4) is 0 Å². The summed E-state index contributed by atoms with van der Waals surface area (Å²) in [6, 6.07) is 10.6. The average molecular weight is 312 g/mol. The van der Waals surface area contributed by atoms with Crippen molar-refractivity contribution in [1.29, 1.82) is 0 Å². The molecular weight excluding hydrogens is 296 g/mol. The number of methoxy groups -OCH3 is 2. The van der Waals surface area contributed by atoms with Gasteiger partial charge in [-0.25, -0.2) is 0 Å². The number of carbonyl (C=O) groups is 1. The Balaban J connectivity index is 1.78. The van der Waals surface area contributed by atoms with Gasteiger partial charge in [0.25, 0.3) is 0 Å². The molecule has 0 bridgehead atoms. The highest BCUT2D eigenvalue weighted by atomic mass is 16.7.